The van der Waals surface area contributed by atoms with Crippen LogP contribution in [0.5, 0.6) is 0 Å². The van der Waals surface area contributed by atoms with Crippen LogP contribution in [0.15, 0.2) is 47.0 Å². The SMILES string of the molecule is Cc1noc([C@@H]2CCCN(C(=O)c3cccc4ccccc34)C2)n1. The maximum Gasteiger partial charge on any atom is 0.254 e. The molecule has 1 fully saturated rings. The van der Waals surface area contributed by atoms with Crippen LogP contribution in [-0.4, -0.2) is 34.0 Å². The number of rotatable bonds is 2. The Bertz CT molecular complexity index is 882. The standard InChI is InChI=1S/C19H19N3O2/c1-13-20-18(24-21-13)15-8-5-11-22(12-15)19(23)17-10-4-7-14-6-2-3-9-16(14)17/h2-4,6-7,9-10,15H,5,8,11-12H2,1H3/t15-/m1/s1. The summed E-state index contributed by atoms with van der Waals surface area (Å²) in [6.45, 7) is 3.21. The number of aromatic nitrogens is 2. The van der Waals surface area contributed by atoms with E-state index >= 15 is 0 Å². The van der Waals surface area contributed by atoms with E-state index in [2.05, 4.69) is 10.1 Å². The van der Waals surface area contributed by atoms with E-state index in [1.807, 2.05) is 54.3 Å². The number of amides is 1. The van der Waals surface area contributed by atoms with Gasteiger partial charge in [0.15, 0.2) is 5.82 Å². The minimum absolute atomic E-state index is 0.0766. The highest BCUT2D eigenvalue weighted by Crippen LogP contribution is 2.28. The van der Waals surface area contributed by atoms with Crippen LogP contribution in [0.1, 0.15) is 40.8 Å². The van der Waals surface area contributed by atoms with Gasteiger partial charge in [0.2, 0.25) is 5.89 Å². The molecular weight excluding hydrogens is 302 g/mol. The summed E-state index contributed by atoms with van der Waals surface area (Å²) < 4.78 is 5.31. The number of carbonyl (C=O) groups excluding carboxylic acids is 1. The Kier molecular flexibility index (Phi) is 3.76. The first-order valence-electron chi connectivity index (χ1n) is 8.29. The molecule has 0 saturated carbocycles. The average molecular weight is 321 g/mol. The highest BCUT2D eigenvalue weighted by atomic mass is 16.5. The third kappa shape index (κ3) is 2.66. The topological polar surface area (TPSA) is 59.2 Å². The van der Waals surface area contributed by atoms with Gasteiger partial charge < -0.3 is 9.42 Å². The number of likely N-dealkylation sites (tertiary alicyclic amines) is 1. The molecule has 1 aliphatic heterocycles. The van der Waals surface area contributed by atoms with Gasteiger partial charge in [-0.15, -0.1) is 0 Å². The van der Waals surface area contributed by atoms with Crippen LogP contribution in [0.25, 0.3) is 10.8 Å². The third-order valence-electron chi connectivity index (χ3n) is 4.62. The van der Waals surface area contributed by atoms with Gasteiger partial charge in [0, 0.05) is 18.7 Å². The highest BCUT2D eigenvalue weighted by Gasteiger charge is 2.29. The molecule has 0 unspecified atom stereocenters. The predicted octanol–water partition coefficient (Wildman–Crippen LogP) is 3.55. The number of benzene rings is 2. The van der Waals surface area contributed by atoms with Crippen LogP contribution in [0, 0.1) is 6.92 Å². The van der Waals surface area contributed by atoms with Gasteiger partial charge in [-0.3, -0.25) is 4.79 Å². The summed E-state index contributed by atoms with van der Waals surface area (Å²) in [6.07, 6.45) is 1.92. The smallest absolute Gasteiger partial charge is 0.254 e. The van der Waals surface area contributed by atoms with E-state index in [-0.39, 0.29) is 11.8 Å². The second-order valence-corrected chi connectivity index (χ2v) is 6.30. The van der Waals surface area contributed by atoms with Crippen molar-refractivity contribution < 1.29 is 9.32 Å². The molecule has 122 valence electrons. The van der Waals surface area contributed by atoms with Gasteiger partial charge in [-0.2, -0.15) is 4.98 Å². The number of fused-ring (bicyclic) bond motifs is 1. The third-order valence-corrected chi connectivity index (χ3v) is 4.62. The maximum absolute atomic E-state index is 13.1. The molecule has 2 heterocycles. The van der Waals surface area contributed by atoms with Gasteiger partial charge in [-0.1, -0.05) is 41.6 Å². The summed E-state index contributed by atoms with van der Waals surface area (Å²) in [5, 5.41) is 5.96. The van der Waals surface area contributed by atoms with Crippen molar-refractivity contribution in [2.24, 2.45) is 0 Å². The Labute approximate surface area is 140 Å². The number of piperidine rings is 1. The van der Waals surface area contributed by atoms with E-state index in [0.717, 1.165) is 35.7 Å². The summed E-state index contributed by atoms with van der Waals surface area (Å²) >= 11 is 0. The Balaban J connectivity index is 1.61. The molecule has 4 rings (SSSR count). The fraction of sp³-hybridized carbons (Fsp3) is 0.316. The second kappa shape index (κ2) is 6.07. The molecule has 3 aromatic rings. The Morgan fingerprint density at radius 3 is 2.88 bits per heavy atom. The minimum atomic E-state index is 0.0766. The Hall–Kier alpha value is -2.69. The molecule has 0 bridgehead atoms. The average Bonchev–Trinajstić information content (AvgIpc) is 3.07. The van der Waals surface area contributed by atoms with Gasteiger partial charge in [-0.25, -0.2) is 0 Å². The second-order valence-electron chi connectivity index (χ2n) is 6.30. The van der Waals surface area contributed by atoms with E-state index in [0.29, 0.717) is 18.3 Å². The molecule has 1 atom stereocenters. The number of aryl methyl sites for hydroxylation is 1. The van der Waals surface area contributed by atoms with Crippen molar-refractivity contribution in [1.29, 1.82) is 0 Å². The van der Waals surface area contributed by atoms with Crippen molar-refractivity contribution in [1.82, 2.24) is 15.0 Å². The fourth-order valence-electron chi connectivity index (χ4n) is 3.42. The molecule has 5 nitrogen and oxygen atoms in total. The van der Waals surface area contributed by atoms with Crippen LogP contribution in [-0.2, 0) is 0 Å². The summed E-state index contributed by atoms with van der Waals surface area (Å²) in [6, 6.07) is 13.9. The van der Waals surface area contributed by atoms with Gasteiger partial charge >= 0.3 is 0 Å². The van der Waals surface area contributed by atoms with Crippen molar-refractivity contribution in [3.8, 4) is 0 Å². The summed E-state index contributed by atoms with van der Waals surface area (Å²) in [7, 11) is 0. The zero-order valence-corrected chi connectivity index (χ0v) is 13.6. The number of nitrogens with zero attached hydrogens (tertiary/aromatic N) is 3. The van der Waals surface area contributed by atoms with E-state index in [4.69, 9.17) is 4.52 Å². The molecule has 0 N–H and O–H groups in total. The molecule has 2 aromatic carbocycles. The lowest BCUT2D eigenvalue weighted by atomic mass is 9.96. The van der Waals surface area contributed by atoms with E-state index in [1.165, 1.54) is 0 Å². The van der Waals surface area contributed by atoms with Gasteiger partial charge in [-0.05, 0) is 36.6 Å². The van der Waals surface area contributed by atoms with Crippen molar-refractivity contribution in [3.05, 3.63) is 59.7 Å². The molecule has 24 heavy (non-hydrogen) atoms. The van der Waals surface area contributed by atoms with Crippen molar-refractivity contribution in [3.63, 3.8) is 0 Å². The number of carbonyl (C=O) groups is 1. The first kappa shape index (κ1) is 14.9. The first-order valence-corrected chi connectivity index (χ1v) is 8.29. The summed E-state index contributed by atoms with van der Waals surface area (Å²) in [5.74, 6) is 1.48. The molecule has 1 aliphatic rings. The largest absolute Gasteiger partial charge is 0.339 e. The Morgan fingerprint density at radius 1 is 1.21 bits per heavy atom. The monoisotopic (exact) mass is 321 g/mol. The molecule has 1 saturated heterocycles. The maximum atomic E-state index is 13.1. The van der Waals surface area contributed by atoms with E-state index in [1.54, 1.807) is 0 Å². The zero-order valence-electron chi connectivity index (χ0n) is 13.6. The number of hydrogen-bond donors (Lipinski definition) is 0. The number of hydrogen-bond acceptors (Lipinski definition) is 4. The van der Waals surface area contributed by atoms with Gasteiger partial charge in [0.05, 0.1) is 5.92 Å². The molecule has 0 aliphatic carbocycles. The van der Waals surface area contributed by atoms with Crippen molar-refractivity contribution >= 4 is 16.7 Å². The predicted molar refractivity (Wildman–Crippen MR) is 90.9 cm³/mol. The lowest BCUT2D eigenvalue weighted by Crippen LogP contribution is -2.39. The molecule has 0 radical (unpaired) electrons. The van der Waals surface area contributed by atoms with Crippen LogP contribution in [0.4, 0.5) is 0 Å². The lowest BCUT2D eigenvalue weighted by molar-refractivity contribution is 0.0697. The molecule has 0 spiro atoms. The Morgan fingerprint density at radius 2 is 2.04 bits per heavy atom. The minimum Gasteiger partial charge on any atom is -0.339 e. The lowest BCUT2D eigenvalue weighted by Gasteiger charge is -2.31. The van der Waals surface area contributed by atoms with Crippen LogP contribution in [0.2, 0.25) is 0 Å². The first-order chi connectivity index (χ1) is 11.7. The quantitative estimate of drug-likeness (QED) is 0.724. The summed E-state index contributed by atoms with van der Waals surface area (Å²) in [4.78, 5) is 19.3. The van der Waals surface area contributed by atoms with Crippen LogP contribution >= 0.6 is 0 Å². The van der Waals surface area contributed by atoms with Crippen molar-refractivity contribution in [2.75, 3.05) is 13.1 Å². The molecule has 1 aromatic heterocycles. The van der Waals surface area contributed by atoms with Crippen LogP contribution in [0.3, 0.4) is 0 Å². The normalized spacial score (nSPS) is 18.0. The zero-order chi connectivity index (χ0) is 16.5. The van der Waals surface area contributed by atoms with Crippen molar-refractivity contribution in [2.45, 2.75) is 25.7 Å². The van der Waals surface area contributed by atoms with E-state index < -0.39 is 0 Å². The molecule has 5 heteroatoms. The van der Waals surface area contributed by atoms with E-state index in [9.17, 15) is 4.79 Å². The fourth-order valence-corrected chi connectivity index (χ4v) is 3.42. The van der Waals surface area contributed by atoms with Gasteiger partial charge in [0.25, 0.3) is 5.91 Å². The molecule has 1 amide bonds. The molecular formula is C19H19N3O2. The van der Waals surface area contributed by atoms with Gasteiger partial charge in [0.1, 0.15) is 0 Å². The van der Waals surface area contributed by atoms with Crippen LogP contribution < -0.4 is 0 Å². The summed E-state index contributed by atoms with van der Waals surface area (Å²) in [5.41, 5.74) is 0.760. The highest BCUT2D eigenvalue weighted by molar-refractivity contribution is 6.07.